The highest BCUT2D eigenvalue weighted by Crippen LogP contribution is 2.52. The van der Waals surface area contributed by atoms with Crippen LogP contribution in [0.4, 0.5) is 0 Å². The lowest BCUT2D eigenvalue weighted by atomic mass is 9.59. The lowest BCUT2D eigenvalue weighted by molar-refractivity contribution is 0.0586. The van der Waals surface area contributed by atoms with Crippen molar-refractivity contribution in [2.45, 2.75) is 77.0 Å². The minimum absolute atomic E-state index is 0.674. The number of rotatable bonds is 3. The number of nitrogens with zero attached hydrogens (tertiary/aromatic N) is 1. The van der Waals surface area contributed by atoms with Crippen LogP contribution in [-0.4, -0.2) is 0 Å². The molecule has 22 heavy (non-hydrogen) atoms. The van der Waals surface area contributed by atoms with E-state index in [1.165, 1.54) is 69.8 Å². The Bertz CT molecular complexity index is 508. The van der Waals surface area contributed by atoms with Gasteiger partial charge in [-0.05, 0) is 73.5 Å². The van der Waals surface area contributed by atoms with Crippen molar-refractivity contribution in [3.8, 4) is 6.07 Å². The Morgan fingerprint density at radius 1 is 1.00 bits per heavy atom. The van der Waals surface area contributed by atoms with Gasteiger partial charge in [-0.2, -0.15) is 5.26 Å². The monoisotopic (exact) mass is 295 g/mol. The number of benzene rings is 1. The molecule has 1 heteroatoms. The number of hydrogen-bond acceptors (Lipinski definition) is 1. The van der Waals surface area contributed by atoms with Crippen LogP contribution < -0.4 is 0 Å². The van der Waals surface area contributed by atoms with Gasteiger partial charge in [0, 0.05) is 0 Å². The zero-order valence-electron chi connectivity index (χ0n) is 14.0. The minimum atomic E-state index is 0.674. The largest absolute Gasteiger partial charge is 0.192 e. The average Bonchev–Trinajstić information content (AvgIpc) is 2.62. The van der Waals surface area contributed by atoms with Crippen molar-refractivity contribution in [1.82, 2.24) is 0 Å². The van der Waals surface area contributed by atoms with E-state index in [2.05, 4.69) is 25.1 Å². The molecule has 2 aliphatic rings. The zero-order valence-corrected chi connectivity index (χ0v) is 14.0. The Labute approximate surface area is 135 Å². The molecule has 0 heterocycles. The Morgan fingerprint density at radius 3 is 2.18 bits per heavy atom. The van der Waals surface area contributed by atoms with E-state index in [0.717, 1.165) is 17.4 Å². The predicted octanol–water partition coefficient (Wildman–Crippen LogP) is 6.19. The van der Waals surface area contributed by atoms with Crippen molar-refractivity contribution >= 4 is 0 Å². The van der Waals surface area contributed by atoms with Crippen molar-refractivity contribution in [2.24, 2.45) is 11.3 Å². The molecule has 0 amide bonds. The molecule has 3 rings (SSSR count). The fourth-order valence-electron chi connectivity index (χ4n) is 5.18. The molecule has 0 atom stereocenters. The first kappa shape index (κ1) is 15.6. The van der Waals surface area contributed by atoms with E-state index in [0.29, 0.717) is 5.41 Å². The smallest absolute Gasteiger partial charge is 0.0991 e. The van der Waals surface area contributed by atoms with Gasteiger partial charge in [-0.15, -0.1) is 0 Å². The summed E-state index contributed by atoms with van der Waals surface area (Å²) in [6.07, 6.45) is 14.3. The molecular weight excluding hydrogens is 266 g/mol. The maximum Gasteiger partial charge on any atom is 0.0991 e. The van der Waals surface area contributed by atoms with E-state index < -0.39 is 0 Å². The van der Waals surface area contributed by atoms with Gasteiger partial charge in [-0.1, -0.05) is 44.7 Å². The summed E-state index contributed by atoms with van der Waals surface area (Å²) in [5, 5.41) is 8.92. The van der Waals surface area contributed by atoms with Crippen LogP contribution in [0.2, 0.25) is 0 Å². The molecule has 1 aromatic rings. The zero-order chi connectivity index (χ0) is 15.4. The van der Waals surface area contributed by atoms with Crippen molar-refractivity contribution < 1.29 is 0 Å². The highest BCUT2D eigenvalue weighted by molar-refractivity contribution is 5.33. The highest BCUT2D eigenvalue weighted by Gasteiger charge is 2.39. The molecular formula is C21H29N. The van der Waals surface area contributed by atoms with E-state index in [1.54, 1.807) is 0 Å². The van der Waals surface area contributed by atoms with Crippen molar-refractivity contribution in [3.05, 3.63) is 35.4 Å². The Kier molecular flexibility index (Phi) is 4.87. The van der Waals surface area contributed by atoms with E-state index in [-0.39, 0.29) is 0 Å². The van der Waals surface area contributed by atoms with Crippen LogP contribution in [0.25, 0.3) is 0 Å². The molecule has 0 saturated heterocycles. The van der Waals surface area contributed by atoms with Crippen LogP contribution in [0.3, 0.4) is 0 Å². The third-order valence-corrected chi connectivity index (χ3v) is 6.66. The second-order valence-electron chi connectivity index (χ2n) is 7.56. The number of nitriles is 1. The van der Waals surface area contributed by atoms with Crippen molar-refractivity contribution in [2.75, 3.05) is 0 Å². The molecule has 2 fully saturated rings. The third kappa shape index (κ3) is 3.07. The summed E-state index contributed by atoms with van der Waals surface area (Å²) in [6, 6.07) is 10.5. The molecule has 0 aliphatic heterocycles. The Morgan fingerprint density at radius 2 is 1.64 bits per heavy atom. The molecule has 2 saturated carbocycles. The maximum absolute atomic E-state index is 8.92. The van der Waals surface area contributed by atoms with E-state index in [1.807, 2.05) is 12.1 Å². The lowest BCUT2D eigenvalue weighted by Crippen LogP contribution is -2.34. The van der Waals surface area contributed by atoms with Gasteiger partial charge in [0.05, 0.1) is 11.6 Å². The molecule has 1 nitrogen and oxygen atoms in total. The lowest BCUT2D eigenvalue weighted by Gasteiger charge is -2.46. The SMILES string of the molecule is CCC1([C@H]2CC[C@H](c3ccc(C#N)cc3)CC2)CCCCC1. The molecule has 2 aliphatic carbocycles. The van der Waals surface area contributed by atoms with E-state index >= 15 is 0 Å². The van der Waals surface area contributed by atoms with Crippen LogP contribution >= 0.6 is 0 Å². The normalized spacial score (nSPS) is 28.0. The molecule has 0 radical (unpaired) electrons. The molecule has 118 valence electrons. The molecule has 0 N–H and O–H groups in total. The van der Waals surface area contributed by atoms with Crippen LogP contribution in [0, 0.1) is 22.7 Å². The second kappa shape index (κ2) is 6.86. The van der Waals surface area contributed by atoms with Crippen molar-refractivity contribution in [3.63, 3.8) is 0 Å². The van der Waals surface area contributed by atoms with Gasteiger partial charge in [0.1, 0.15) is 0 Å². The molecule has 0 spiro atoms. The van der Waals surface area contributed by atoms with Crippen LogP contribution in [0.15, 0.2) is 24.3 Å². The summed E-state index contributed by atoms with van der Waals surface area (Å²) < 4.78 is 0. The van der Waals surface area contributed by atoms with Gasteiger partial charge in [0.15, 0.2) is 0 Å². The van der Waals surface area contributed by atoms with Crippen molar-refractivity contribution in [1.29, 1.82) is 5.26 Å². The summed E-state index contributed by atoms with van der Waals surface area (Å²) in [5.41, 5.74) is 2.91. The minimum Gasteiger partial charge on any atom is -0.192 e. The van der Waals surface area contributed by atoms with Gasteiger partial charge in [-0.25, -0.2) is 0 Å². The molecule has 1 aromatic carbocycles. The number of hydrogen-bond donors (Lipinski definition) is 0. The first-order valence-corrected chi connectivity index (χ1v) is 9.27. The predicted molar refractivity (Wildman–Crippen MR) is 91.7 cm³/mol. The van der Waals surface area contributed by atoms with E-state index in [9.17, 15) is 0 Å². The average molecular weight is 295 g/mol. The third-order valence-electron chi connectivity index (χ3n) is 6.66. The van der Waals surface area contributed by atoms with Crippen LogP contribution in [0.1, 0.15) is 88.2 Å². The fraction of sp³-hybridized carbons (Fsp3) is 0.667. The van der Waals surface area contributed by atoms with Gasteiger partial charge in [0.2, 0.25) is 0 Å². The first-order valence-electron chi connectivity index (χ1n) is 9.27. The summed E-state index contributed by atoms with van der Waals surface area (Å²) >= 11 is 0. The molecule has 0 aromatic heterocycles. The second-order valence-corrected chi connectivity index (χ2v) is 7.56. The molecule has 0 unspecified atom stereocenters. The van der Waals surface area contributed by atoms with Gasteiger partial charge >= 0.3 is 0 Å². The van der Waals surface area contributed by atoms with Crippen LogP contribution in [-0.2, 0) is 0 Å². The summed E-state index contributed by atoms with van der Waals surface area (Å²) in [5.74, 6) is 1.69. The van der Waals surface area contributed by atoms with Gasteiger partial charge in [0.25, 0.3) is 0 Å². The summed E-state index contributed by atoms with van der Waals surface area (Å²) in [4.78, 5) is 0. The summed E-state index contributed by atoms with van der Waals surface area (Å²) in [7, 11) is 0. The van der Waals surface area contributed by atoms with Gasteiger partial charge in [-0.3, -0.25) is 0 Å². The Hall–Kier alpha value is -1.29. The highest BCUT2D eigenvalue weighted by atomic mass is 14.4. The van der Waals surface area contributed by atoms with Crippen LogP contribution in [0.5, 0.6) is 0 Å². The topological polar surface area (TPSA) is 23.8 Å². The Balaban J connectivity index is 1.63. The maximum atomic E-state index is 8.92. The summed E-state index contributed by atoms with van der Waals surface area (Å²) in [6.45, 7) is 2.43. The van der Waals surface area contributed by atoms with E-state index in [4.69, 9.17) is 5.26 Å². The quantitative estimate of drug-likeness (QED) is 0.652. The fourth-order valence-corrected chi connectivity index (χ4v) is 5.18. The standard InChI is InChI=1S/C21H29N/c1-2-21(14-4-3-5-15-21)20-12-10-19(11-13-20)18-8-6-17(16-22)7-9-18/h6-9,19-20H,2-5,10-15H2,1H3/t19-,20-. The van der Waals surface area contributed by atoms with Gasteiger partial charge < -0.3 is 0 Å². The molecule has 0 bridgehead atoms. The first-order chi connectivity index (χ1) is 10.8.